The number of hydrogen-bond donors (Lipinski definition) is 1. The van der Waals surface area contributed by atoms with Crippen molar-refractivity contribution in [2.45, 2.75) is 57.7 Å². The molecule has 26 heavy (non-hydrogen) atoms. The zero-order valence-electron chi connectivity index (χ0n) is 15.5. The molecule has 3 rings (SSSR count). The maximum absolute atomic E-state index is 12.6. The molecule has 2 aliphatic rings. The molecule has 1 fully saturated rings. The maximum Gasteiger partial charge on any atom is 0.410 e. The molecule has 1 amide bonds. The minimum absolute atomic E-state index is 0.0573. The van der Waals surface area contributed by atoms with Crippen molar-refractivity contribution in [1.82, 2.24) is 4.90 Å². The van der Waals surface area contributed by atoms with Crippen LogP contribution in [-0.2, 0) is 11.2 Å². The van der Waals surface area contributed by atoms with Crippen LogP contribution in [0.5, 0.6) is 0 Å². The number of rotatable bonds is 2. The third-order valence-corrected chi connectivity index (χ3v) is 5.73. The van der Waals surface area contributed by atoms with E-state index in [4.69, 9.17) is 16.3 Å². The molecule has 2 aliphatic heterocycles. The fourth-order valence-electron chi connectivity index (χ4n) is 3.88. The smallest absolute Gasteiger partial charge is 0.410 e. The van der Waals surface area contributed by atoms with Crippen LogP contribution in [0.3, 0.4) is 0 Å². The van der Waals surface area contributed by atoms with Gasteiger partial charge in [-0.25, -0.2) is 4.79 Å². The SMILES string of the molecule is CC(C)(C)OC(=O)N1C[C@@H](N2CCCc3cc(Cl)cc(Br)c32)C[C@@H]1CO. The standard InChI is InChI=1S/C19H26BrClN2O3/c1-19(2,3)26-18(25)23-10-14(9-15(23)11-24)22-6-4-5-12-7-13(21)8-16(20)17(12)22/h7-8,14-15,24H,4-6,9-11H2,1-3H3/t14-,15+/m0/s1. The van der Waals surface area contributed by atoms with Crippen LogP contribution in [0.25, 0.3) is 0 Å². The van der Waals surface area contributed by atoms with Crippen molar-refractivity contribution in [1.29, 1.82) is 0 Å². The van der Waals surface area contributed by atoms with Crippen LogP contribution >= 0.6 is 27.5 Å². The minimum Gasteiger partial charge on any atom is -0.444 e. The Kier molecular flexibility index (Phi) is 5.75. The summed E-state index contributed by atoms with van der Waals surface area (Å²) in [5.74, 6) is 0. The molecule has 2 atom stereocenters. The Balaban J connectivity index is 1.83. The van der Waals surface area contributed by atoms with Gasteiger partial charge in [0.05, 0.1) is 18.3 Å². The van der Waals surface area contributed by atoms with E-state index in [1.165, 1.54) is 5.56 Å². The lowest BCUT2D eigenvalue weighted by molar-refractivity contribution is 0.0174. The number of carbonyl (C=O) groups is 1. The second-order valence-electron chi connectivity index (χ2n) is 8.05. The summed E-state index contributed by atoms with van der Waals surface area (Å²) in [6, 6.07) is 3.88. The van der Waals surface area contributed by atoms with Crippen molar-refractivity contribution in [3.8, 4) is 0 Å². The molecule has 0 bridgehead atoms. The Hall–Kier alpha value is -0.980. The summed E-state index contributed by atoms with van der Waals surface area (Å²) in [7, 11) is 0. The number of benzene rings is 1. The number of fused-ring (bicyclic) bond motifs is 1. The van der Waals surface area contributed by atoms with Gasteiger partial charge in [-0.1, -0.05) is 11.6 Å². The van der Waals surface area contributed by atoms with Crippen molar-refractivity contribution in [3.63, 3.8) is 0 Å². The summed E-state index contributed by atoms with van der Waals surface area (Å²) in [4.78, 5) is 16.6. The molecule has 144 valence electrons. The molecule has 0 spiro atoms. The summed E-state index contributed by atoms with van der Waals surface area (Å²) in [6.45, 7) is 6.99. The van der Waals surface area contributed by atoms with Crippen LogP contribution in [-0.4, -0.2) is 53.5 Å². The van der Waals surface area contributed by atoms with Gasteiger partial charge >= 0.3 is 6.09 Å². The number of likely N-dealkylation sites (tertiary alicyclic amines) is 1. The van der Waals surface area contributed by atoms with Gasteiger partial charge in [0.15, 0.2) is 0 Å². The molecule has 0 aromatic heterocycles. The van der Waals surface area contributed by atoms with Crippen LogP contribution in [0.2, 0.25) is 5.02 Å². The molecule has 0 saturated carbocycles. The Morgan fingerprint density at radius 3 is 2.81 bits per heavy atom. The van der Waals surface area contributed by atoms with Crippen molar-refractivity contribution >= 4 is 39.3 Å². The van der Waals surface area contributed by atoms with Gasteiger partial charge < -0.3 is 19.6 Å². The third-order valence-electron chi connectivity index (χ3n) is 4.91. The number of aliphatic hydroxyl groups excluding tert-OH is 1. The van der Waals surface area contributed by atoms with Gasteiger partial charge in [-0.05, 0) is 73.7 Å². The number of amides is 1. The Morgan fingerprint density at radius 2 is 2.15 bits per heavy atom. The maximum atomic E-state index is 12.6. The van der Waals surface area contributed by atoms with Gasteiger partial charge in [0.25, 0.3) is 0 Å². The summed E-state index contributed by atoms with van der Waals surface area (Å²) < 4.78 is 6.51. The molecular weight excluding hydrogens is 420 g/mol. The van der Waals surface area contributed by atoms with Crippen LogP contribution in [0.4, 0.5) is 10.5 Å². The Labute approximate surface area is 168 Å². The van der Waals surface area contributed by atoms with Crippen molar-refractivity contribution in [2.75, 3.05) is 24.6 Å². The van der Waals surface area contributed by atoms with E-state index in [0.717, 1.165) is 41.0 Å². The van der Waals surface area contributed by atoms with E-state index in [2.05, 4.69) is 20.8 Å². The minimum atomic E-state index is -0.549. The second kappa shape index (κ2) is 7.56. The number of halogens is 2. The highest BCUT2D eigenvalue weighted by molar-refractivity contribution is 9.10. The number of anilines is 1. The first kappa shape index (κ1) is 19.8. The van der Waals surface area contributed by atoms with E-state index in [-0.39, 0.29) is 24.8 Å². The molecule has 0 unspecified atom stereocenters. The monoisotopic (exact) mass is 444 g/mol. The van der Waals surface area contributed by atoms with Crippen molar-refractivity contribution in [3.05, 3.63) is 27.2 Å². The molecule has 1 N–H and O–H groups in total. The molecule has 5 nitrogen and oxygen atoms in total. The number of aliphatic hydroxyl groups is 1. The first-order valence-electron chi connectivity index (χ1n) is 9.04. The highest BCUT2D eigenvalue weighted by Crippen LogP contribution is 2.40. The molecule has 1 aromatic carbocycles. The molecule has 0 radical (unpaired) electrons. The van der Waals surface area contributed by atoms with E-state index in [0.29, 0.717) is 6.54 Å². The normalized spacial score (nSPS) is 23.2. The topological polar surface area (TPSA) is 53.0 Å². The Bertz CT molecular complexity index is 692. The first-order valence-corrected chi connectivity index (χ1v) is 10.2. The summed E-state index contributed by atoms with van der Waals surface area (Å²) in [5, 5.41) is 10.5. The van der Waals surface area contributed by atoms with Crippen LogP contribution in [0.1, 0.15) is 39.2 Å². The fourth-order valence-corrected chi connectivity index (χ4v) is 4.98. The lowest BCUT2D eigenvalue weighted by Gasteiger charge is -2.37. The summed E-state index contributed by atoms with van der Waals surface area (Å²) in [6.07, 6.45) is 2.42. The lowest BCUT2D eigenvalue weighted by Crippen LogP contribution is -2.44. The summed E-state index contributed by atoms with van der Waals surface area (Å²) >= 11 is 9.87. The summed E-state index contributed by atoms with van der Waals surface area (Å²) in [5.41, 5.74) is 1.84. The number of ether oxygens (including phenoxy) is 1. The predicted molar refractivity (Wildman–Crippen MR) is 107 cm³/mol. The number of nitrogens with zero attached hydrogens (tertiary/aromatic N) is 2. The third kappa shape index (κ3) is 4.12. The average Bonchev–Trinajstić information content (AvgIpc) is 2.96. The predicted octanol–water partition coefficient (Wildman–Crippen LogP) is 4.23. The number of hydrogen-bond acceptors (Lipinski definition) is 4. The van der Waals surface area contributed by atoms with Gasteiger partial charge in [-0.2, -0.15) is 0 Å². The van der Waals surface area contributed by atoms with Gasteiger partial charge in [-0.3, -0.25) is 0 Å². The van der Waals surface area contributed by atoms with E-state index in [1.54, 1.807) is 4.90 Å². The zero-order chi connectivity index (χ0) is 19.1. The van der Waals surface area contributed by atoms with Gasteiger partial charge in [-0.15, -0.1) is 0 Å². The number of carbonyl (C=O) groups excluding carboxylic acids is 1. The van der Waals surface area contributed by atoms with E-state index in [1.807, 2.05) is 32.9 Å². The Morgan fingerprint density at radius 1 is 1.42 bits per heavy atom. The van der Waals surface area contributed by atoms with Gasteiger partial charge in [0.1, 0.15) is 5.60 Å². The fraction of sp³-hybridized carbons (Fsp3) is 0.632. The molecule has 7 heteroatoms. The van der Waals surface area contributed by atoms with Gasteiger partial charge in [0, 0.05) is 28.6 Å². The van der Waals surface area contributed by atoms with Crippen molar-refractivity contribution < 1.29 is 14.6 Å². The van der Waals surface area contributed by atoms with Crippen LogP contribution in [0, 0.1) is 0 Å². The molecular formula is C19H26BrClN2O3. The molecule has 0 aliphatic carbocycles. The highest BCUT2D eigenvalue weighted by Gasteiger charge is 2.41. The van der Waals surface area contributed by atoms with Crippen molar-refractivity contribution in [2.24, 2.45) is 0 Å². The van der Waals surface area contributed by atoms with Crippen LogP contribution < -0.4 is 4.90 Å². The average molecular weight is 446 g/mol. The van der Waals surface area contributed by atoms with E-state index in [9.17, 15) is 9.90 Å². The molecule has 1 aromatic rings. The van der Waals surface area contributed by atoms with E-state index < -0.39 is 5.60 Å². The lowest BCUT2D eigenvalue weighted by atomic mass is 9.99. The van der Waals surface area contributed by atoms with Gasteiger partial charge in [0.2, 0.25) is 0 Å². The van der Waals surface area contributed by atoms with Crippen LogP contribution in [0.15, 0.2) is 16.6 Å². The molecule has 1 saturated heterocycles. The quantitative estimate of drug-likeness (QED) is 0.740. The second-order valence-corrected chi connectivity index (χ2v) is 9.34. The highest BCUT2D eigenvalue weighted by atomic mass is 79.9. The largest absolute Gasteiger partial charge is 0.444 e. The molecule has 2 heterocycles. The van der Waals surface area contributed by atoms with E-state index >= 15 is 0 Å². The zero-order valence-corrected chi connectivity index (χ0v) is 17.8. The first-order chi connectivity index (χ1) is 12.2. The number of aryl methyl sites for hydroxylation is 1.